The maximum absolute atomic E-state index is 12.2. The fourth-order valence-electron chi connectivity index (χ4n) is 1.57. The SMILES string of the molecule is CC(C)(C)C/C=C/CCC(C)(C)NS(=O)(=O)C(C)(C)C. The molecule has 0 radical (unpaired) electrons. The molecule has 0 aromatic carbocycles. The van der Waals surface area contributed by atoms with Crippen LogP contribution in [0.3, 0.4) is 0 Å². The number of hydrogen-bond donors (Lipinski definition) is 1. The van der Waals surface area contributed by atoms with Crippen LogP contribution in [-0.4, -0.2) is 18.7 Å². The molecule has 0 amide bonds. The topological polar surface area (TPSA) is 46.2 Å². The van der Waals surface area contributed by atoms with E-state index in [0.717, 1.165) is 19.3 Å². The lowest BCUT2D eigenvalue weighted by atomic mass is 9.92. The largest absolute Gasteiger partial charge is 0.217 e. The van der Waals surface area contributed by atoms with Crippen LogP contribution in [0.15, 0.2) is 12.2 Å². The van der Waals surface area contributed by atoms with Crippen LogP contribution in [0.25, 0.3) is 0 Å². The van der Waals surface area contributed by atoms with E-state index in [0.29, 0.717) is 5.41 Å². The molecule has 3 nitrogen and oxygen atoms in total. The number of allylic oxidation sites excluding steroid dienone is 2. The normalized spacial score (nSPS) is 15.0. The van der Waals surface area contributed by atoms with E-state index in [4.69, 9.17) is 0 Å². The molecule has 0 aromatic rings. The van der Waals surface area contributed by atoms with E-state index in [1.54, 1.807) is 20.8 Å². The van der Waals surface area contributed by atoms with Crippen LogP contribution in [-0.2, 0) is 10.0 Å². The monoisotopic (exact) mass is 303 g/mol. The summed E-state index contributed by atoms with van der Waals surface area (Å²) < 4.78 is 26.4. The Morgan fingerprint density at radius 1 is 0.900 bits per heavy atom. The molecular formula is C16H33NO2S. The van der Waals surface area contributed by atoms with E-state index in [1.165, 1.54) is 0 Å². The second-order valence-corrected chi connectivity index (χ2v) is 10.8. The minimum atomic E-state index is -3.30. The Morgan fingerprint density at radius 2 is 1.40 bits per heavy atom. The lowest BCUT2D eigenvalue weighted by Gasteiger charge is -2.30. The molecule has 4 heteroatoms. The molecule has 120 valence electrons. The van der Waals surface area contributed by atoms with Crippen molar-refractivity contribution in [3.63, 3.8) is 0 Å². The van der Waals surface area contributed by atoms with Crippen LogP contribution < -0.4 is 4.72 Å². The van der Waals surface area contributed by atoms with Crippen LogP contribution in [0.4, 0.5) is 0 Å². The summed E-state index contributed by atoms with van der Waals surface area (Å²) in [5.41, 5.74) is -0.113. The van der Waals surface area contributed by atoms with E-state index < -0.39 is 20.3 Å². The van der Waals surface area contributed by atoms with Crippen LogP contribution in [0.2, 0.25) is 0 Å². The molecule has 0 rings (SSSR count). The van der Waals surface area contributed by atoms with Gasteiger partial charge >= 0.3 is 0 Å². The summed E-state index contributed by atoms with van der Waals surface area (Å²) in [5, 5.41) is 0. The molecule has 0 saturated heterocycles. The molecule has 0 unspecified atom stereocenters. The molecule has 1 N–H and O–H groups in total. The fraction of sp³-hybridized carbons (Fsp3) is 0.875. The zero-order valence-corrected chi connectivity index (χ0v) is 15.3. The fourth-order valence-corrected chi connectivity index (χ4v) is 2.70. The average Bonchev–Trinajstić information content (AvgIpc) is 2.10. The standard InChI is InChI=1S/C16H33NO2S/c1-14(2,3)12-10-9-11-13-16(7,8)17-20(18,19)15(4,5)6/h9-10,17H,11-13H2,1-8H3/b10-9+. The molecule has 20 heavy (non-hydrogen) atoms. The molecule has 0 heterocycles. The number of rotatable bonds is 6. The van der Waals surface area contributed by atoms with Crippen molar-refractivity contribution in [1.29, 1.82) is 0 Å². The minimum absolute atomic E-state index is 0.305. The maximum atomic E-state index is 12.2. The van der Waals surface area contributed by atoms with Crippen molar-refractivity contribution in [3.8, 4) is 0 Å². The molecule has 0 spiro atoms. The van der Waals surface area contributed by atoms with Gasteiger partial charge in [0.2, 0.25) is 10.0 Å². The van der Waals surface area contributed by atoms with Gasteiger partial charge in [0, 0.05) is 5.54 Å². The van der Waals surface area contributed by atoms with Crippen molar-refractivity contribution in [2.75, 3.05) is 0 Å². The van der Waals surface area contributed by atoms with Crippen LogP contribution in [0, 0.1) is 5.41 Å². The highest BCUT2D eigenvalue weighted by Gasteiger charge is 2.33. The Bertz CT molecular complexity index is 420. The summed E-state index contributed by atoms with van der Waals surface area (Å²) in [7, 11) is -3.30. The maximum Gasteiger partial charge on any atom is 0.217 e. The first kappa shape index (κ1) is 19.7. The lowest BCUT2D eigenvalue weighted by Crippen LogP contribution is -2.49. The molecule has 0 aliphatic rings. The molecule has 0 fully saturated rings. The predicted octanol–water partition coefficient (Wildman–Crippen LogP) is 4.26. The second kappa shape index (κ2) is 6.61. The predicted molar refractivity (Wildman–Crippen MR) is 88.3 cm³/mol. The van der Waals surface area contributed by atoms with Gasteiger partial charge in [-0.1, -0.05) is 32.9 Å². The van der Waals surface area contributed by atoms with Crippen molar-refractivity contribution in [2.24, 2.45) is 5.41 Å². The van der Waals surface area contributed by atoms with Gasteiger partial charge in [-0.3, -0.25) is 0 Å². The van der Waals surface area contributed by atoms with E-state index in [1.807, 2.05) is 13.8 Å². The van der Waals surface area contributed by atoms with Gasteiger partial charge in [-0.15, -0.1) is 0 Å². The lowest BCUT2D eigenvalue weighted by molar-refractivity contribution is 0.412. The first-order chi connectivity index (χ1) is 8.66. The van der Waals surface area contributed by atoms with Gasteiger partial charge in [0.05, 0.1) is 4.75 Å². The molecule has 0 aliphatic carbocycles. The van der Waals surface area contributed by atoms with Crippen LogP contribution in [0.5, 0.6) is 0 Å². The first-order valence-corrected chi connectivity index (χ1v) is 8.83. The van der Waals surface area contributed by atoms with Crippen molar-refractivity contribution >= 4 is 10.0 Å². The van der Waals surface area contributed by atoms with Gasteiger partial charge in [-0.05, 0) is 59.3 Å². The van der Waals surface area contributed by atoms with Crippen LogP contribution >= 0.6 is 0 Å². The molecular weight excluding hydrogens is 270 g/mol. The highest BCUT2D eigenvalue weighted by atomic mass is 32.2. The van der Waals surface area contributed by atoms with Crippen molar-refractivity contribution < 1.29 is 8.42 Å². The summed E-state index contributed by atoms with van der Waals surface area (Å²) in [4.78, 5) is 0. The smallest absolute Gasteiger partial charge is 0.212 e. The number of sulfonamides is 1. The number of nitrogens with one attached hydrogen (secondary N) is 1. The molecule has 0 aliphatic heterocycles. The summed E-state index contributed by atoms with van der Waals surface area (Å²) in [6.07, 6.45) is 7.06. The zero-order chi connectivity index (χ0) is 16.2. The summed E-state index contributed by atoms with van der Waals surface area (Å²) in [5.74, 6) is 0. The third kappa shape index (κ3) is 8.05. The minimum Gasteiger partial charge on any atom is -0.212 e. The van der Waals surface area contributed by atoms with E-state index >= 15 is 0 Å². The van der Waals surface area contributed by atoms with Crippen LogP contribution in [0.1, 0.15) is 74.7 Å². The highest BCUT2D eigenvalue weighted by Crippen LogP contribution is 2.21. The van der Waals surface area contributed by atoms with Gasteiger partial charge in [-0.25, -0.2) is 13.1 Å². The van der Waals surface area contributed by atoms with Crippen molar-refractivity contribution in [3.05, 3.63) is 12.2 Å². The summed E-state index contributed by atoms with van der Waals surface area (Å²) in [6.45, 7) is 15.6. The van der Waals surface area contributed by atoms with Gasteiger partial charge in [-0.2, -0.15) is 0 Å². The molecule has 0 aromatic heterocycles. The Labute approximate surface area is 126 Å². The first-order valence-electron chi connectivity index (χ1n) is 7.35. The van der Waals surface area contributed by atoms with E-state index in [2.05, 4.69) is 37.6 Å². The molecule has 0 bridgehead atoms. The second-order valence-electron chi connectivity index (χ2n) is 8.38. The van der Waals surface area contributed by atoms with Gasteiger partial charge in [0.1, 0.15) is 0 Å². The molecule has 0 atom stereocenters. The Balaban J connectivity index is 4.42. The van der Waals surface area contributed by atoms with E-state index in [-0.39, 0.29) is 0 Å². The summed E-state index contributed by atoms with van der Waals surface area (Å²) >= 11 is 0. The quantitative estimate of drug-likeness (QED) is 0.745. The Kier molecular flexibility index (Phi) is 6.49. The van der Waals surface area contributed by atoms with Crippen molar-refractivity contribution in [2.45, 2.75) is 84.9 Å². The van der Waals surface area contributed by atoms with Gasteiger partial charge in [0.25, 0.3) is 0 Å². The average molecular weight is 304 g/mol. The molecule has 0 saturated carbocycles. The third-order valence-electron chi connectivity index (χ3n) is 3.05. The third-order valence-corrected chi connectivity index (χ3v) is 5.48. The number of hydrogen-bond acceptors (Lipinski definition) is 2. The van der Waals surface area contributed by atoms with E-state index in [9.17, 15) is 8.42 Å². The Hall–Kier alpha value is -0.350. The summed E-state index contributed by atoms with van der Waals surface area (Å²) in [6, 6.07) is 0. The Morgan fingerprint density at radius 3 is 1.80 bits per heavy atom. The van der Waals surface area contributed by atoms with Gasteiger partial charge < -0.3 is 0 Å². The van der Waals surface area contributed by atoms with Crippen molar-refractivity contribution in [1.82, 2.24) is 4.72 Å². The highest BCUT2D eigenvalue weighted by molar-refractivity contribution is 7.90. The zero-order valence-electron chi connectivity index (χ0n) is 14.5. The van der Waals surface area contributed by atoms with Gasteiger partial charge in [0.15, 0.2) is 0 Å².